The minimum atomic E-state index is -0.375. The van der Waals surface area contributed by atoms with Crippen LogP contribution in [0.4, 0.5) is 0 Å². The summed E-state index contributed by atoms with van der Waals surface area (Å²) in [6, 6.07) is 0. The molecule has 2 aliphatic heterocycles. The van der Waals surface area contributed by atoms with Crippen molar-refractivity contribution in [2.45, 2.75) is 57.3 Å². The number of aliphatic hydroxyl groups excluding tert-OH is 1. The average molecular weight is 236 g/mol. The first-order valence-electron chi connectivity index (χ1n) is 6.69. The van der Waals surface area contributed by atoms with Gasteiger partial charge in [0.15, 0.2) is 0 Å². The molecule has 1 N–H and O–H groups in total. The number of hydrogen-bond acceptors (Lipinski definition) is 3. The highest BCUT2D eigenvalue weighted by atomic mass is 16.5. The predicted molar refractivity (Wildman–Crippen MR) is 63.7 cm³/mol. The fraction of sp³-hybridized carbons (Fsp3) is 0.769. The molecule has 94 valence electrons. The van der Waals surface area contributed by atoms with E-state index in [1.807, 2.05) is 10.8 Å². The van der Waals surface area contributed by atoms with E-state index in [2.05, 4.69) is 4.98 Å². The molecule has 2 unspecified atom stereocenters. The smallest absolute Gasteiger partial charge is 0.132 e. The van der Waals surface area contributed by atoms with Gasteiger partial charge in [0.1, 0.15) is 12.1 Å². The number of fused-ring (bicyclic) bond motifs is 1. The zero-order valence-electron chi connectivity index (χ0n) is 10.1. The lowest BCUT2D eigenvalue weighted by Gasteiger charge is -2.26. The van der Waals surface area contributed by atoms with Gasteiger partial charge in [0.25, 0.3) is 0 Å². The van der Waals surface area contributed by atoms with Gasteiger partial charge in [-0.1, -0.05) is 0 Å². The minimum Gasteiger partial charge on any atom is -0.378 e. The normalized spacial score (nSPS) is 29.0. The second kappa shape index (κ2) is 4.78. The molecule has 2 aliphatic rings. The van der Waals surface area contributed by atoms with Gasteiger partial charge in [-0.15, -0.1) is 0 Å². The Kier molecular flexibility index (Phi) is 3.16. The summed E-state index contributed by atoms with van der Waals surface area (Å²) >= 11 is 0. The molecule has 4 heteroatoms. The molecule has 0 aromatic carbocycles. The van der Waals surface area contributed by atoms with E-state index in [4.69, 9.17) is 4.74 Å². The molecule has 0 aliphatic carbocycles. The number of aryl methyl sites for hydroxylation is 1. The Morgan fingerprint density at radius 1 is 1.35 bits per heavy atom. The predicted octanol–water partition coefficient (Wildman–Crippen LogP) is 1.82. The molecule has 3 heterocycles. The molecule has 0 saturated carbocycles. The standard InChI is InChI=1S/C13H20N2O2/c16-13-6-3-4-10-9-14-12(15(10)13)8-11-5-1-2-7-17-11/h9,11,13,16H,1-8H2. The summed E-state index contributed by atoms with van der Waals surface area (Å²) in [4.78, 5) is 4.47. The number of imidazole rings is 1. The molecule has 0 bridgehead atoms. The van der Waals surface area contributed by atoms with Gasteiger partial charge in [-0.25, -0.2) is 4.98 Å². The molecule has 0 amide bonds. The lowest BCUT2D eigenvalue weighted by molar-refractivity contribution is 0.0120. The lowest BCUT2D eigenvalue weighted by atomic mass is 10.1. The summed E-state index contributed by atoms with van der Waals surface area (Å²) in [6.45, 7) is 0.876. The van der Waals surface area contributed by atoms with Crippen LogP contribution in [0.5, 0.6) is 0 Å². The van der Waals surface area contributed by atoms with Gasteiger partial charge in [-0.2, -0.15) is 0 Å². The lowest BCUT2D eigenvalue weighted by Crippen LogP contribution is -2.25. The molecule has 1 fully saturated rings. The van der Waals surface area contributed by atoms with Gasteiger partial charge in [0.05, 0.1) is 6.10 Å². The molecule has 1 aromatic heterocycles. The monoisotopic (exact) mass is 236 g/mol. The number of rotatable bonds is 2. The first-order chi connectivity index (χ1) is 8.34. The van der Waals surface area contributed by atoms with E-state index >= 15 is 0 Å². The van der Waals surface area contributed by atoms with Crippen LogP contribution in [0.2, 0.25) is 0 Å². The Morgan fingerprint density at radius 2 is 2.29 bits per heavy atom. The number of hydrogen-bond donors (Lipinski definition) is 1. The quantitative estimate of drug-likeness (QED) is 0.852. The van der Waals surface area contributed by atoms with Crippen LogP contribution in [0, 0.1) is 0 Å². The second-order valence-corrected chi connectivity index (χ2v) is 5.10. The minimum absolute atomic E-state index is 0.296. The van der Waals surface area contributed by atoms with E-state index in [0.717, 1.165) is 44.5 Å². The fourth-order valence-corrected chi connectivity index (χ4v) is 2.91. The van der Waals surface area contributed by atoms with Crippen molar-refractivity contribution in [3.63, 3.8) is 0 Å². The second-order valence-electron chi connectivity index (χ2n) is 5.10. The van der Waals surface area contributed by atoms with Crippen LogP contribution >= 0.6 is 0 Å². The molecule has 0 spiro atoms. The van der Waals surface area contributed by atoms with Crippen molar-refractivity contribution in [1.82, 2.24) is 9.55 Å². The third-order valence-electron chi connectivity index (χ3n) is 3.83. The number of ether oxygens (including phenoxy) is 1. The zero-order valence-corrected chi connectivity index (χ0v) is 10.1. The van der Waals surface area contributed by atoms with Crippen molar-refractivity contribution in [3.05, 3.63) is 17.7 Å². The van der Waals surface area contributed by atoms with E-state index in [-0.39, 0.29) is 6.23 Å². The number of nitrogens with zero attached hydrogens (tertiary/aromatic N) is 2. The summed E-state index contributed by atoms with van der Waals surface area (Å²) in [5.41, 5.74) is 1.18. The van der Waals surface area contributed by atoms with Crippen LogP contribution in [0.15, 0.2) is 6.20 Å². The molecular formula is C13H20N2O2. The molecule has 17 heavy (non-hydrogen) atoms. The number of aromatic nitrogens is 2. The average Bonchev–Trinajstić information content (AvgIpc) is 2.75. The van der Waals surface area contributed by atoms with E-state index in [1.54, 1.807) is 0 Å². The SMILES string of the molecule is OC1CCCc2cnc(CC3CCCCO3)n21. The largest absolute Gasteiger partial charge is 0.378 e. The van der Waals surface area contributed by atoms with Crippen LogP contribution in [-0.4, -0.2) is 27.4 Å². The Hall–Kier alpha value is -0.870. The molecule has 1 aromatic rings. The third kappa shape index (κ3) is 2.24. The van der Waals surface area contributed by atoms with Crippen LogP contribution in [-0.2, 0) is 17.6 Å². The molecule has 4 nitrogen and oxygen atoms in total. The van der Waals surface area contributed by atoms with Crippen molar-refractivity contribution in [2.75, 3.05) is 6.61 Å². The van der Waals surface area contributed by atoms with E-state index < -0.39 is 0 Å². The topological polar surface area (TPSA) is 47.3 Å². The van der Waals surface area contributed by atoms with Crippen molar-refractivity contribution in [2.24, 2.45) is 0 Å². The van der Waals surface area contributed by atoms with Crippen LogP contribution in [0.3, 0.4) is 0 Å². The van der Waals surface area contributed by atoms with Gasteiger partial charge in [0.2, 0.25) is 0 Å². The fourth-order valence-electron chi connectivity index (χ4n) is 2.91. The summed E-state index contributed by atoms with van der Waals surface area (Å²) < 4.78 is 7.76. The Balaban J connectivity index is 1.76. The van der Waals surface area contributed by atoms with Crippen molar-refractivity contribution in [1.29, 1.82) is 0 Å². The zero-order chi connectivity index (χ0) is 11.7. The van der Waals surface area contributed by atoms with Crippen LogP contribution in [0.25, 0.3) is 0 Å². The maximum atomic E-state index is 10.0. The first kappa shape index (κ1) is 11.2. The molecular weight excluding hydrogens is 216 g/mol. The van der Waals surface area contributed by atoms with Gasteiger partial charge in [-0.05, 0) is 38.5 Å². The number of aliphatic hydroxyl groups is 1. The Morgan fingerprint density at radius 3 is 3.12 bits per heavy atom. The highest BCUT2D eigenvalue weighted by Gasteiger charge is 2.24. The van der Waals surface area contributed by atoms with Gasteiger partial charge in [-0.3, -0.25) is 0 Å². The van der Waals surface area contributed by atoms with Crippen LogP contribution < -0.4 is 0 Å². The van der Waals surface area contributed by atoms with Crippen molar-refractivity contribution >= 4 is 0 Å². The Bertz CT molecular complexity index is 383. The van der Waals surface area contributed by atoms with Crippen molar-refractivity contribution in [3.8, 4) is 0 Å². The third-order valence-corrected chi connectivity index (χ3v) is 3.83. The van der Waals surface area contributed by atoms with Crippen LogP contribution in [0.1, 0.15) is 49.9 Å². The van der Waals surface area contributed by atoms with Gasteiger partial charge >= 0.3 is 0 Å². The van der Waals surface area contributed by atoms with Gasteiger partial charge < -0.3 is 14.4 Å². The summed E-state index contributed by atoms with van der Waals surface area (Å²) in [6.07, 6.45) is 9.18. The van der Waals surface area contributed by atoms with E-state index in [9.17, 15) is 5.11 Å². The summed E-state index contributed by atoms with van der Waals surface area (Å²) in [7, 11) is 0. The van der Waals surface area contributed by atoms with E-state index in [1.165, 1.54) is 18.5 Å². The van der Waals surface area contributed by atoms with Gasteiger partial charge in [0, 0.05) is 24.9 Å². The molecule has 1 saturated heterocycles. The molecule has 2 atom stereocenters. The molecule has 3 rings (SSSR count). The first-order valence-corrected chi connectivity index (χ1v) is 6.69. The van der Waals surface area contributed by atoms with E-state index in [0.29, 0.717) is 6.10 Å². The summed E-state index contributed by atoms with van der Waals surface area (Å²) in [5.74, 6) is 0.999. The maximum Gasteiger partial charge on any atom is 0.132 e. The summed E-state index contributed by atoms with van der Waals surface area (Å²) in [5, 5.41) is 10.0. The van der Waals surface area contributed by atoms with Crippen molar-refractivity contribution < 1.29 is 9.84 Å². The highest BCUT2D eigenvalue weighted by Crippen LogP contribution is 2.26. The maximum absolute atomic E-state index is 10.0. The highest BCUT2D eigenvalue weighted by molar-refractivity contribution is 5.10. The molecule has 0 radical (unpaired) electrons. The Labute approximate surface area is 102 Å².